The quantitative estimate of drug-likeness (QED) is 0.800. The van der Waals surface area contributed by atoms with Crippen LogP contribution in [0.5, 0.6) is 0 Å². The average Bonchev–Trinajstić information content (AvgIpc) is 2.81. The van der Waals surface area contributed by atoms with Crippen LogP contribution in [0.4, 0.5) is 0 Å². The summed E-state index contributed by atoms with van der Waals surface area (Å²) in [5, 5.41) is 11.1. The number of rotatable bonds is 1. The number of carbonyl (C=O) groups is 2. The number of aliphatic hydroxyl groups is 1. The maximum atomic E-state index is 12.2. The molecule has 4 rings (SSSR count). The van der Waals surface area contributed by atoms with Crippen LogP contribution in [0.1, 0.15) is 59.3 Å². The summed E-state index contributed by atoms with van der Waals surface area (Å²) >= 11 is 0. The molecule has 5 unspecified atom stereocenters. The Bertz CT molecular complexity index is 675. The molecule has 3 fully saturated rings. The normalized spacial score (nSPS) is 49.9. The number of carbonyl (C=O) groups excluding carboxylic acids is 2. The summed E-state index contributed by atoms with van der Waals surface area (Å²) in [4.78, 5) is 24.0. The first-order chi connectivity index (χ1) is 11.2. The van der Waals surface area contributed by atoms with E-state index in [4.69, 9.17) is 0 Å². The van der Waals surface area contributed by atoms with Gasteiger partial charge >= 0.3 is 0 Å². The van der Waals surface area contributed by atoms with E-state index in [1.807, 2.05) is 6.08 Å². The van der Waals surface area contributed by atoms with Crippen LogP contribution < -0.4 is 0 Å². The Kier molecular flexibility index (Phi) is 3.32. The van der Waals surface area contributed by atoms with Crippen LogP contribution >= 0.6 is 0 Å². The monoisotopic (exact) mass is 328 g/mol. The highest BCUT2D eigenvalue weighted by molar-refractivity contribution is 6.01. The van der Waals surface area contributed by atoms with Gasteiger partial charge in [-0.1, -0.05) is 25.5 Å². The van der Waals surface area contributed by atoms with E-state index < -0.39 is 5.60 Å². The lowest BCUT2D eigenvalue weighted by Crippen LogP contribution is -2.56. The fourth-order valence-corrected chi connectivity index (χ4v) is 6.79. The lowest BCUT2D eigenvalue weighted by atomic mass is 9.47. The van der Waals surface area contributed by atoms with Gasteiger partial charge < -0.3 is 5.11 Å². The van der Waals surface area contributed by atoms with E-state index in [0.717, 1.165) is 32.1 Å². The molecular formula is C21H28O3. The predicted octanol–water partition coefficient (Wildman–Crippen LogP) is 3.61. The summed E-state index contributed by atoms with van der Waals surface area (Å²) in [6.45, 7) is 5.99. The van der Waals surface area contributed by atoms with Gasteiger partial charge in [-0.15, -0.1) is 0 Å². The van der Waals surface area contributed by atoms with E-state index >= 15 is 0 Å². The van der Waals surface area contributed by atoms with Crippen molar-refractivity contribution in [3.63, 3.8) is 0 Å². The molecule has 1 N–H and O–H groups in total. The average molecular weight is 328 g/mol. The van der Waals surface area contributed by atoms with Gasteiger partial charge in [0.25, 0.3) is 0 Å². The second-order valence-corrected chi connectivity index (χ2v) is 9.01. The van der Waals surface area contributed by atoms with Crippen molar-refractivity contribution in [3.05, 3.63) is 23.8 Å². The Morgan fingerprint density at radius 2 is 1.88 bits per heavy atom. The van der Waals surface area contributed by atoms with Crippen LogP contribution in [0.15, 0.2) is 23.8 Å². The van der Waals surface area contributed by atoms with Gasteiger partial charge in [-0.2, -0.15) is 0 Å². The van der Waals surface area contributed by atoms with Gasteiger partial charge in [-0.25, -0.2) is 0 Å². The third-order valence-corrected chi connectivity index (χ3v) is 8.29. The summed E-state index contributed by atoms with van der Waals surface area (Å²) in [7, 11) is 0. The first-order valence-electron chi connectivity index (χ1n) is 9.40. The first kappa shape index (κ1) is 16.3. The first-order valence-corrected chi connectivity index (χ1v) is 9.40. The summed E-state index contributed by atoms with van der Waals surface area (Å²) in [6.07, 6.45) is 11.3. The van der Waals surface area contributed by atoms with Crippen LogP contribution in [-0.4, -0.2) is 22.3 Å². The molecule has 0 bridgehead atoms. The molecule has 3 heteroatoms. The van der Waals surface area contributed by atoms with Crippen molar-refractivity contribution in [1.29, 1.82) is 0 Å². The van der Waals surface area contributed by atoms with Gasteiger partial charge in [-0.3, -0.25) is 9.59 Å². The molecule has 0 saturated heterocycles. The SMILES string of the molecule is CC(=O)[C@@]1(O)CCC2C3CCC4=CC(=O)C=CC4(C)C3CCC21C. The van der Waals surface area contributed by atoms with Gasteiger partial charge in [0.15, 0.2) is 11.6 Å². The molecule has 3 nitrogen and oxygen atoms in total. The number of allylic oxidation sites excluding steroid dienone is 4. The smallest absolute Gasteiger partial charge is 0.178 e. The second kappa shape index (κ2) is 4.91. The largest absolute Gasteiger partial charge is 0.382 e. The molecule has 0 aromatic rings. The molecule has 6 atom stereocenters. The maximum Gasteiger partial charge on any atom is 0.178 e. The van der Waals surface area contributed by atoms with E-state index in [0.29, 0.717) is 24.2 Å². The zero-order valence-electron chi connectivity index (χ0n) is 15.0. The highest BCUT2D eigenvalue weighted by Crippen LogP contribution is 2.66. The molecular weight excluding hydrogens is 300 g/mol. The summed E-state index contributed by atoms with van der Waals surface area (Å²) in [5.74, 6) is 1.53. The number of hydrogen-bond donors (Lipinski definition) is 1. The molecule has 0 heterocycles. The number of Topliss-reactive ketones (excluding diaryl/α,β-unsaturated/α-hetero) is 1. The topological polar surface area (TPSA) is 54.4 Å². The predicted molar refractivity (Wildman–Crippen MR) is 92.2 cm³/mol. The van der Waals surface area contributed by atoms with Crippen LogP contribution in [0.3, 0.4) is 0 Å². The maximum absolute atomic E-state index is 12.2. The van der Waals surface area contributed by atoms with Crippen molar-refractivity contribution in [2.24, 2.45) is 28.6 Å². The highest BCUT2D eigenvalue weighted by Gasteiger charge is 2.65. The van der Waals surface area contributed by atoms with E-state index in [2.05, 4.69) is 19.9 Å². The molecule has 3 saturated carbocycles. The molecule has 0 amide bonds. The van der Waals surface area contributed by atoms with Gasteiger partial charge in [0.2, 0.25) is 0 Å². The third kappa shape index (κ3) is 1.82. The van der Waals surface area contributed by atoms with Gasteiger partial charge in [0, 0.05) is 10.8 Å². The fourth-order valence-electron chi connectivity index (χ4n) is 6.79. The molecule has 0 aromatic carbocycles. The number of ketones is 2. The number of fused-ring (bicyclic) bond motifs is 5. The molecule has 0 spiro atoms. The lowest BCUT2D eigenvalue weighted by molar-refractivity contribution is -0.158. The minimum Gasteiger partial charge on any atom is -0.382 e. The Morgan fingerprint density at radius 1 is 1.17 bits per heavy atom. The summed E-state index contributed by atoms with van der Waals surface area (Å²) < 4.78 is 0. The third-order valence-electron chi connectivity index (χ3n) is 8.29. The minimum absolute atomic E-state index is 0.0188. The lowest BCUT2D eigenvalue weighted by Gasteiger charge is -2.57. The fraction of sp³-hybridized carbons (Fsp3) is 0.714. The Hall–Kier alpha value is -1.22. The Balaban J connectivity index is 1.71. The Labute approximate surface area is 144 Å². The standard InChI is InChI=1S/C21H28O3/c1-13(22)21(24)11-8-18-16-5-4-14-12-15(23)6-9-19(14,2)17(16)7-10-20(18,21)3/h6,9,12,16-18,24H,4-5,7-8,10-11H2,1-3H3/t16?,17?,18?,19?,20?,21-/m0/s1. The molecule has 4 aliphatic carbocycles. The summed E-state index contributed by atoms with van der Waals surface area (Å²) in [5.41, 5.74) is -0.154. The van der Waals surface area contributed by atoms with Crippen molar-refractivity contribution in [2.45, 2.75) is 64.9 Å². The van der Waals surface area contributed by atoms with Crippen molar-refractivity contribution >= 4 is 11.6 Å². The van der Waals surface area contributed by atoms with E-state index in [9.17, 15) is 14.7 Å². The van der Waals surface area contributed by atoms with Gasteiger partial charge in [0.05, 0.1) is 0 Å². The van der Waals surface area contributed by atoms with Crippen LogP contribution in [-0.2, 0) is 9.59 Å². The van der Waals surface area contributed by atoms with Crippen LogP contribution in [0.2, 0.25) is 0 Å². The van der Waals surface area contributed by atoms with Crippen LogP contribution in [0.25, 0.3) is 0 Å². The van der Waals surface area contributed by atoms with Crippen LogP contribution in [0, 0.1) is 28.6 Å². The van der Waals surface area contributed by atoms with Crippen molar-refractivity contribution < 1.29 is 14.7 Å². The molecule has 0 aromatic heterocycles. The van der Waals surface area contributed by atoms with E-state index in [-0.39, 0.29) is 22.4 Å². The highest BCUT2D eigenvalue weighted by atomic mass is 16.3. The molecule has 4 aliphatic rings. The van der Waals surface area contributed by atoms with E-state index in [1.165, 1.54) is 5.57 Å². The number of hydrogen-bond acceptors (Lipinski definition) is 3. The minimum atomic E-state index is -1.14. The van der Waals surface area contributed by atoms with Crippen molar-refractivity contribution in [2.75, 3.05) is 0 Å². The molecule has 0 aliphatic heterocycles. The van der Waals surface area contributed by atoms with E-state index in [1.54, 1.807) is 13.0 Å². The molecule has 0 radical (unpaired) electrons. The van der Waals surface area contributed by atoms with Gasteiger partial charge in [0.1, 0.15) is 5.60 Å². The molecule has 130 valence electrons. The Morgan fingerprint density at radius 3 is 2.58 bits per heavy atom. The zero-order chi connectivity index (χ0) is 17.3. The summed E-state index contributed by atoms with van der Waals surface area (Å²) in [6, 6.07) is 0. The van der Waals surface area contributed by atoms with Crippen molar-refractivity contribution in [3.8, 4) is 0 Å². The van der Waals surface area contributed by atoms with Gasteiger partial charge in [-0.05, 0) is 75.4 Å². The molecule has 24 heavy (non-hydrogen) atoms. The zero-order valence-corrected chi connectivity index (χ0v) is 15.0. The second-order valence-electron chi connectivity index (χ2n) is 9.01. The van der Waals surface area contributed by atoms with Crippen molar-refractivity contribution in [1.82, 2.24) is 0 Å².